The first kappa shape index (κ1) is 31.3. The number of rotatable bonds is 6. The van der Waals surface area contributed by atoms with Crippen LogP contribution in [0.1, 0.15) is 27.8 Å². The number of allylic oxidation sites excluding steroid dienone is 5. The van der Waals surface area contributed by atoms with Gasteiger partial charge in [0.2, 0.25) is 0 Å². The second-order valence-electron chi connectivity index (χ2n) is 14.4. The molecule has 0 amide bonds. The average molecular weight is 698 g/mol. The molecule has 0 bridgehead atoms. The second-order valence-corrected chi connectivity index (χ2v) is 14.4. The fourth-order valence-electron chi connectivity index (χ4n) is 9.06. The summed E-state index contributed by atoms with van der Waals surface area (Å²) in [7, 11) is 0. The van der Waals surface area contributed by atoms with Gasteiger partial charge in [0.1, 0.15) is 0 Å². The molecule has 0 aliphatic heterocycles. The molecule has 0 fully saturated rings. The van der Waals surface area contributed by atoms with E-state index < -0.39 is 0 Å². The second kappa shape index (κ2) is 12.7. The Hall–Kier alpha value is -7.22. The van der Waals surface area contributed by atoms with E-state index in [9.17, 15) is 0 Å². The highest BCUT2D eigenvalue weighted by Gasteiger charge is 2.41. The number of benzene rings is 8. The van der Waals surface area contributed by atoms with Crippen LogP contribution in [0.2, 0.25) is 0 Å². The highest BCUT2D eigenvalue weighted by Crippen LogP contribution is 2.62. The van der Waals surface area contributed by atoms with Crippen molar-refractivity contribution in [3.8, 4) is 22.3 Å². The molecule has 8 aromatic carbocycles. The van der Waals surface area contributed by atoms with Gasteiger partial charge in [-0.25, -0.2) is 0 Å². The maximum absolute atomic E-state index is 2.56. The summed E-state index contributed by atoms with van der Waals surface area (Å²) < 4.78 is 2.56. The van der Waals surface area contributed by atoms with Gasteiger partial charge >= 0.3 is 0 Å². The van der Waals surface area contributed by atoms with Crippen molar-refractivity contribution in [3.63, 3.8) is 0 Å². The van der Waals surface area contributed by atoms with E-state index in [-0.39, 0.29) is 0 Å². The van der Waals surface area contributed by atoms with Crippen molar-refractivity contribution in [1.82, 2.24) is 4.57 Å². The lowest BCUT2D eigenvalue weighted by Gasteiger charge is -2.20. The Balaban J connectivity index is 1.38. The van der Waals surface area contributed by atoms with E-state index in [0.717, 1.165) is 0 Å². The molecule has 1 heterocycles. The summed E-state index contributed by atoms with van der Waals surface area (Å²) in [6.45, 7) is 0. The van der Waals surface area contributed by atoms with Crippen molar-refractivity contribution in [2.45, 2.75) is 0 Å². The minimum atomic E-state index is 1.20. The lowest BCUT2D eigenvalue weighted by molar-refractivity contribution is 1.25. The van der Waals surface area contributed by atoms with E-state index in [1.165, 1.54) is 105 Å². The molecule has 11 rings (SSSR count). The molecular formula is C54H35N. The Labute approximate surface area is 321 Å². The van der Waals surface area contributed by atoms with E-state index in [2.05, 4.69) is 217 Å². The van der Waals surface area contributed by atoms with Crippen LogP contribution in [0.4, 0.5) is 0 Å². The summed E-state index contributed by atoms with van der Waals surface area (Å²) in [5.41, 5.74) is 20.9. The van der Waals surface area contributed by atoms with Crippen LogP contribution >= 0.6 is 0 Å². The van der Waals surface area contributed by atoms with Gasteiger partial charge in [-0.1, -0.05) is 188 Å². The molecule has 0 N–H and O–H groups in total. The predicted octanol–water partition coefficient (Wildman–Crippen LogP) is 13.9. The van der Waals surface area contributed by atoms with Gasteiger partial charge in [-0.3, -0.25) is 0 Å². The number of aromatic nitrogens is 1. The molecule has 0 unspecified atom stereocenters. The Morgan fingerprint density at radius 3 is 1.04 bits per heavy atom. The molecule has 256 valence electrons. The van der Waals surface area contributed by atoms with Crippen molar-refractivity contribution >= 4 is 49.8 Å². The van der Waals surface area contributed by atoms with Gasteiger partial charge in [-0.05, 0) is 79.9 Å². The van der Waals surface area contributed by atoms with Crippen LogP contribution in [0.5, 0.6) is 0 Å². The predicted molar refractivity (Wildman–Crippen MR) is 232 cm³/mol. The molecule has 2 aliphatic rings. The Morgan fingerprint density at radius 2 is 0.582 bits per heavy atom. The zero-order chi connectivity index (χ0) is 36.3. The van der Waals surface area contributed by atoms with Crippen LogP contribution < -0.4 is 0 Å². The normalized spacial score (nSPS) is 13.6. The van der Waals surface area contributed by atoms with Gasteiger partial charge in [0, 0.05) is 33.1 Å². The summed E-state index contributed by atoms with van der Waals surface area (Å²) in [6, 6.07) is 77.7. The highest BCUT2D eigenvalue weighted by molar-refractivity contribution is 6.38. The third-order valence-electron chi connectivity index (χ3n) is 11.3. The third-order valence-corrected chi connectivity index (χ3v) is 11.3. The fourth-order valence-corrected chi connectivity index (χ4v) is 9.06. The molecule has 0 radical (unpaired) electrons. The molecule has 1 aromatic heterocycles. The molecule has 55 heavy (non-hydrogen) atoms. The molecule has 0 saturated heterocycles. The van der Waals surface area contributed by atoms with E-state index >= 15 is 0 Å². The van der Waals surface area contributed by atoms with Gasteiger partial charge in [-0.15, -0.1) is 0 Å². The monoisotopic (exact) mass is 697 g/mol. The first-order chi connectivity index (χ1) is 27.3. The average Bonchev–Trinajstić information content (AvgIpc) is 3.90. The quantitative estimate of drug-likeness (QED) is 0.163. The van der Waals surface area contributed by atoms with E-state index in [1.807, 2.05) is 0 Å². The molecule has 9 aromatic rings. The topological polar surface area (TPSA) is 4.93 Å². The molecule has 0 atom stereocenters. The SMILES string of the molecule is c1ccc(C2=C(c3ccccc3)C(n3c4ccccc4c4ccccc43)=C3C2=C(c2ccccc2)c2cc(-c4ccccc4)c(-c4ccccc4)cc23)cc1. The van der Waals surface area contributed by atoms with Crippen LogP contribution in [-0.2, 0) is 0 Å². The molecule has 1 heteroatoms. The van der Waals surface area contributed by atoms with Crippen LogP contribution in [0.15, 0.2) is 218 Å². The molecule has 1 nitrogen and oxygen atoms in total. The summed E-state index contributed by atoms with van der Waals surface area (Å²) in [6.07, 6.45) is 0. The van der Waals surface area contributed by atoms with E-state index in [0.29, 0.717) is 0 Å². The lowest BCUT2D eigenvalue weighted by Crippen LogP contribution is -2.02. The van der Waals surface area contributed by atoms with E-state index in [4.69, 9.17) is 0 Å². The minimum Gasteiger partial charge on any atom is -0.308 e. The van der Waals surface area contributed by atoms with Gasteiger partial charge in [-0.2, -0.15) is 0 Å². The van der Waals surface area contributed by atoms with Crippen molar-refractivity contribution < 1.29 is 0 Å². The Kier molecular flexibility index (Phi) is 7.25. The van der Waals surface area contributed by atoms with Crippen molar-refractivity contribution in [2.24, 2.45) is 0 Å². The maximum Gasteiger partial charge on any atom is 0.0632 e. The lowest BCUT2D eigenvalue weighted by atomic mass is 9.86. The van der Waals surface area contributed by atoms with Gasteiger partial charge < -0.3 is 4.57 Å². The summed E-state index contributed by atoms with van der Waals surface area (Å²) in [5, 5.41) is 2.51. The van der Waals surface area contributed by atoms with E-state index in [1.54, 1.807) is 0 Å². The number of hydrogen-bond donors (Lipinski definition) is 0. The third kappa shape index (κ3) is 4.87. The summed E-state index contributed by atoms with van der Waals surface area (Å²) >= 11 is 0. The van der Waals surface area contributed by atoms with Gasteiger partial charge in [0.15, 0.2) is 0 Å². The molecule has 0 spiro atoms. The first-order valence-electron chi connectivity index (χ1n) is 19.0. The van der Waals surface area contributed by atoms with Gasteiger partial charge in [0.25, 0.3) is 0 Å². The number of nitrogens with zero attached hydrogens (tertiary/aromatic N) is 1. The van der Waals surface area contributed by atoms with Crippen LogP contribution in [-0.4, -0.2) is 4.57 Å². The number of fused-ring (bicyclic) bond motifs is 6. The molecule has 0 saturated carbocycles. The Bertz CT molecular complexity index is 2970. The molecular weight excluding hydrogens is 663 g/mol. The molecule has 2 aliphatic carbocycles. The van der Waals surface area contributed by atoms with Crippen molar-refractivity contribution in [1.29, 1.82) is 0 Å². The fraction of sp³-hybridized carbons (Fsp3) is 0. The highest BCUT2D eigenvalue weighted by atomic mass is 15.0. The minimum absolute atomic E-state index is 1.20. The summed E-state index contributed by atoms with van der Waals surface area (Å²) in [5.74, 6) is 0. The van der Waals surface area contributed by atoms with Crippen LogP contribution in [0.3, 0.4) is 0 Å². The number of hydrogen-bond acceptors (Lipinski definition) is 0. The number of para-hydroxylation sites is 2. The largest absolute Gasteiger partial charge is 0.308 e. The van der Waals surface area contributed by atoms with Crippen molar-refractivity contribution in [2.75, 3.05) is 0 Å². The van der Waals surface area contributed by atoms with Crippen LogP contribution in [0, 0.1) is 0 Å². The van der Waals surface area contributed by atoms with Crippen LogP contribution in [0.25, 0.3) is 72.0 Å². The standard InChI is InChI=1S/C54H35N/c1-6-20-36(21-7-1)43-34-45-46(35-44(43)37-22-8-2-9-23-37)52-53(49(45)38-24-10-3-11-25-38)50(39-26-12-4-13-27-39)51(40-28-14-5-15-29-40)54(52)55-47-32-18-16-30-41(47)42-31-17-19-33-48(42)55/h1-35H. The summed E-state index contributed by atoms with van der Waals surface area (Å²) in [4.78, 5) is 0. The Morgan fingerprint density at radius 1 is 0.236 bits per heavy atom. The van der Waals surface area contributed by atoms with Crippen molar-refractivity contribution in [3.05, 3.63) is 246 Å². The smallest absolute Gasteiger partial charge is 0.0632 e. The van der Waals surface area contributed by atoms with Gasteiger partial charge in [0.05, 0.1) is 16.7 Å². The zero-order valence-corrected chi connectivity index (χ0v) is 30.2. The zero-order valence-electron chi connectivity index (χ0n) is 30.2. The maximum atomic E-state index is 2.56. The first-order valence-corrected chi connectivity index (χ1v) is 19.0.